The summed E-state index contributed by atoms with van der Waals surface area (Å²) in [5.74, 6) is 3.35. The van der Waals surface area contributed by atoms with Crippen molar-refractivity contribution >= 4 is 44.2 Å². The smallest absolute Gasteiger partial charge is 0.192 e. The number of thioether (sulfide) groups is 2. The molecule has 170 valence electrons. The summed E-state index contributed by atoms with van der Waals surface area (Å²) in [5.41, 5.74) is 1.52. The van der Waals surface area contributed by atoms with Gasteiger partial charge in [0, 0.05) is 21.3 Å². The van der Waals surface area contributed by atoms with Crippen molar-refractivity contribution in [2.75, 3.05) is 23.9 Å². The van der Waals surface area contributed by atoms with Crippen LogP contribution in [0.3, 0.4) is 0 Å². The number of hydrogen-bond donors (Lipinski definition) is 0. The van der Waals surface area contributed by atoms with Crippen LogP contribution in [-0.2, 0) is 20.6 Å². The van der Waals surface area contributed by atoms with Crippen LogP contribution in [0.25, 0.3) is 0 Å². The molecule has 3 atom stereocenters. The summed E-state index contributed by atoms with van der Waals surface area (Å²) in [6.45, 7) is 0.0651. The van der Waals surface area contributed by atoms with Crippen LogP contribution in [0.4, 0.5) is 0 Å². The molecule has 3 unspecified atom stereocenters. The highest BCUT2D eigenvalue weighted by Gasteiger charge is 2.38. The van der Waals surface area contributed by atoms with Crippen LogP contribution < -0.4 is 9.47 Å². The molecule has 3 aromatic rings. The van der Waals surface area contributed by atoms with E-state index >= 15 is 0 Å². The molecule has 3 aromatic carbocycles. The molecular weight excluding hydrogens is 497 g/mol. The van der Waals surface area contributed by atoms with E-state index in [1.165, 1.54) is 4.90 Å². The molecule has 3 aliphatic heterocycles. The molecule has 0 fully saturated rings. The van der Waals surface area contributed by atoms with E-state index in [1.807, 2.05) is 48.2 Å². The number of ether oxygens (including phenoxy) is 2. The Kier molecular flexibility index (Phi) is 5.48. The van der Waals surface area contributed by atoms with Gasteiger partial charge < -0.3 is 9.47 Å². The third-order valence-corrected chi connectivity index (χ3v) is 12.1. The van der Waals surface area contributed by atoms with E-state index in [4.69, 9.17) is 9.47 Å². The van der Waals surface area contributed by atoms with Crippen molar-refractivity contribution in [1.82, 2.24) is 0 Å². The minimum Gasteiger partial charge on any atom is -0.490 e. The van der Waals surface area contributed by atoms with Gasteiger partial charge in [-0.1, -0.05) is 24.3 Å². The second-order valence-corrected chi connectivity index (χ2v) is 13.9. The Balaban J connectivity index is 1.31. The highest BCUT2D eigenvalue weighted by atomic mass is 32.2. The first-order valence-corrected chi connectivity index (χ1v) is 15.4. The molecule has 0 aromatic heterocycles. The minimum absolute atomic E-state index is 0.0651. The quantitative estimate of drug-likeness (QED) is 0.473. The third kappa shape index (κ3) is 3.79. The van der Waals surface area contributed by atoms with Crippen molar-refractivity contribution in [1.29, 1.82) is 0 Å². The zero-order chi connectivity index (χ0) is 22.6. The number of rotatable bonds is 2. The fraction of sp³-hybridized carbons (Fsp3) is 0.250. The average Bonchev–Trinajstić information content (AvgIpc) is 2.83. The molecular formula is C24H20O5S4. The minimum atomic E-state index is -3.61. The molecule has 5 nitrogen and oxygen atoms in total. The molecule has 3 aliphatic rings. The van der Waals surface area contributed by atoms with Gasteiger partial charge in [0.25, 0.3) is 0 Å². The molecule has 9 heteroatoms. The van der Waals surface area contributed by atoms with Gasteiger partial charge in [-0.2, -0.15) is 0 Å². The average molecular weight is 517 g/mol. The van der Waals surface area contributed by atoms with Gasteiger partial charge in [0.15, 0.2) is 9.84 Å². The maximum Gasteiger partial charge on any atom is 0.192 e. The summed E-state index contributed by atoms with van der Waals surface area (Å²) in [6.07, 6.45) is -0.426. The maximum absolute atomic E-state index is 13.5. The van der Waals surface area contributed by atoms with E-state index in [9.17, 15) is 12.6 Å². The van der Waals surface area contributed by atoms with Gasteiger partial charge in [0.2, 0.25) is 0 Å². The lowest BCUT2D eigenvalue weighted by Gasteiger charge is -2.29. The molecule has 33 heavy (non-hydrogen) atoms. The lowest BCUT2D eigenvalue weighted by atomic mass is 10.1. The number of sulfone groups is 1. The van der Waals surface area contributed by atoms with E-state index in [2.05, 4.69) is 0 Å². The molecule has 0 radical (unpaired) electrons. The van der Waals surface area contributed by atoms with Crippen LogP contribution in [0.2, 0.25) is 0 Å². The lowest BCUT2D eigenvalue weighted by Crippen LogP contribution is -2.27. The van der Waals surface area contributed by atoms with Gasteiger partial charge in [-0.05, 0) is 47.5 Å². The van der Waals surface area contributed by atoms with E-state index in [-0.39, 0.29) is 11.5 Å². The van der Waals surface area contributed by atoms with Crippen LogP contribution in [0.15, 0.2) is 80.2 Å². The number of hydrogen-bond acceptors (Lipinski definition) is 7. The van der Waals surface area contributed by atoms with Crippen LogP contribution in [0, 0.1) is 0 Å². The predicted molar refractivity (Wildman–Crippen MR) is 131 cm³/mol. The van der Waals surface area contributed by atoms with Crippen LogP contribution in [-0.4, -0.2) is 36.5 Å². The first-order valence-electron chi connectivity index (χ1n) is 10.5. The molecule has 6 rings (SSSR count). The Morgan fingerprint density at radius 2 is 1.67 bits per heavy atom. The Morgan fingerprint density at radius 3 is 2.55 bits per heavy atom. The lowest BCUT2D eigenvalue weighted by molar-refractivity contribution is 0.216. The second-order valence-electron chi connectivity index (χ2n) is 8.02. The van der Waals surface area contributed by atoms with Gasteiger partial charge in [-0.15, -0.1) is 23.5 Å². The summed E-state index contributed by atoms with van der Waals surface area (Å²) < 4.78 is 51.7. The summed E-state index contributed by atoms with van der Waals surface area (Å²) >= 11 is 3.58. The highest BCUT2D eigenvalue weighted by Crippen LogP contribution is 2.44. The Bertz CT molecular complexity index is 1390. The molecule has 0 saturated heterocycles. The zero-order valence-corrected chi connectivity index (χ0v) is 20.7. The van der Waals surface area contributed by atoms with Gasteiger partial charge in [-0.3, -0.25) is 4.21 Å². The third-order valence-electron chi connectivity index (χ3n) is 6.02. The van der Waals surface area contributed by atoms with Gasteiger partial charge >= 0.3 is 0 Å². The van der Waals surface area contributed by atoms with Gasteiger partial charge in [0.05, 0.1) is 21.4 Å². The fourth-order valence-corrected chi connectivity index (χ4v) is 9.59. The van der Waals surface area contributed by atoms with Crippen molar-refractivity contribution in [2.24, 2.45) is 0 Å². The van der Waals surface area contributed by atoms with Crippen molar-refractivity contribution in [3.8, 4) is 11.5 Å². The van der Waals surface area contributed by atoms with E-state index in [1.54, 1.807) is 36.0 Å². The molecule has 0 bridgehead atoms. The predicted octanol–water partition coefficient (Wildman–Crippen LogP) is 5.03. The normalized spacial score (nSPS) is 25.0. The Labute approximate surface area is 203 Å². The zero-order valence-electron chi connectivity index (χ0n) is 17.4. The molecule has 0 aliphatic carbocycles. The van der Waals surface area contributed by atoms with Gasteiger partial charge in [-0.25, -0.2) is 8.42 Å². The first-order chi connectivity index (χ1) is 16.0. The van der Waals surface area contributed by atoms with Crippen molar-refractivity contribution in [2.45, 2.75) is 30.9 Å². The largest absolute Gasteiger partial charge is 0.490 e. The van der Waals surface area contributed by atoms with Crippen LogP contribution >= 0.6 is 23.5 Å². The van der Waals surface area contributed by atoms with E-state index in [0.717, 1.165) is 27.5 Å². The molecule has 0 saturated carbocycles. The fourth-order valence-electron chi connectivity index (χ4n) is 4.33. The SMILES string of the molecule is O=S1CC(c2ccc3c(c2)OCC(c2ccc4c(c2)SCCS4)S3(=O)=O)Oc2ccccc21. The highest BCUT2D eigenvalue weighted by molar-refractivity contribution is 8.05. The van der Waals surface area contributed by atoms with E-state index in [0.29, 0.717) is 22.1 Å². The van der Waals surface area contributed by atoms with Gasteiger partial charge in [0.1, 0.15) is 34.4 Å². The summed E-state index contributed by atoms with van der Waals surface area (Å²) in [4.78, 5) is 3.23. The monoisotopic (exact) mass is 516 g/mol. The van der Waals surface area contributed by atoms with Crippen molar-refractivity contribution < 1.29 is 22.1 Å². The maximum atomic E-state index is 13.5. The standard InChI is InChI=1S/C24H20O5S4/c25-32-14-19(29-17-3-1-2-4-22(17)32)15-6-8-23-18(11-15)28-13-24(33(23,26)27)16-5-7-20-21(12-16)31-10-9-30-20/h1-8,11-12,19,24H,9-10,13-14H2. The molecule has 0 amide bonds. The van der Waals surface area contributed by atoms with Crippen molar-refractivity contribution in [3.05, 3.63) is 71.8 Å². The Morgan fingerprint density at radius 1 is 0.879 bits per heavy atom. The summed E-state index contributed by atoms with van der Waals surface area (Å²) in [7, 11) is -4.79. The molecule has 3 heterocycles. The number of para-hydroxylation sites is 1. The molecule has 0 N–H and O–H groups in total. The Hall–Kier alpha value is -1.94. The topological polar surface area (TPSA) is 69.7 Å². The van der Waals surface area contributed by atoms with Crippen LogP contribution in [0.1, 0.15) is 22.5 Å². The van der Waals surface area contributed by atoms with Crippen molar-refractivity contribution in [3.63, 3.8) is 0 Å². The number of fused-ring (bicyclic) bond motifs is 3. The summed E-state index contributed by atoms with van der Waals surface area (Å²) in [5, 5.41) is -0.737. The number of benzene rings is 3. The summed E-state index contributed by atoms with van der Waals surface area (Å²) in [6, 6.07) is 18.3. The first kappa shape index (κ1) is 21.6. The molecule has 0 spiro atoms. The van der Waals surface area contributed by atoms with E-state index < -0.39 is 32.0 Å². The second kappa shape index (κ2) is 8.37. The van der Waals surface area contributed by atoms with Crippen LogP contribution in [0.5, 0.6) is 11.5 Å².